The molecule has 6 nitrogen and oxygen atoms in total. The van der Waals surface area contributed by atoms with Crippen molar-refractivity contribution in [2.75, 3.05) is 38.4 Å². The van der Waals surface area contributed by atoms with E-state index in [2.05, 4.69) is 5.32 Å². The summed E-state index contributed by atoms with van der Waals surface area (Å²) < 4.78 is 29.6. The molecule has 0 atom stereocenters. The third kappa shape index (κ3) is 7.50. The SMILES string of the molecule is COCCCN(CCC(=O)Nc1ccc(Cl)cc1Cl)S(C)(=O)=O. The summed E-state index contributed by atoms with van der Waals surface area (Å²) in [7, 11) is -1.82. The number of sulfonamides is 1. The second-order valence-corrected chi connectivity index (χ2v) is 7.76. The molecule has 1 amide bonds. The summed E-state index contributed by atoms with van der Waals surface area (Å²) in [4.78, 5) is 12.0. The van der Waals surface area contributed by atoms with Gasteiger partial charge in [0.2, 0.25) is 15.9 Å². The van der Waals surface area contributed by atoms with Crippen LogP contribution in [0.3, 0.4) is 0 Å². The molecule has 1 aromatic rings. The highest BCUT2D eigenvalue weighted by Gasteiger charge is 2.17. The fourth-order valence-corrected chi connectivity index (χ4v) is 3.20. The fourth-order valence-electron chi connectivity index (χ4n) is 1.86. The number of nitrogens with zero attached hydrogens (tertiary/aromatic N) is 1. The van der Waals surface area contributed by atoms with Crippen molar-refractivity contribution in [3.63, 3.8) is 0 Å². The average molecular weight is 383 g/mol. The number of halogens is 2. The van der Waals surface area contributed by atoms with Crippen LogP contribution in [0.25, 0.3) is 0 Å². The Morgan fingerprint density at radius 2 is 2.00 bits per heavy atom. The van der Waals surface area contributed by atoms with E-state index in [1.165, 1.54) is 10.4 Å². The molecular formula is C14H20Cl2N2O4S. The Bertz CT molecular complexity index is 638. The third-order valence-corrected chi connectivity index (χ3v) is 4.87. The van der Waals surface area contributed by atoms with Crippen molar-refractivity contribution in [3.05, 3.63) is 28.2 Å². The lowest BCUT2D eigenvalue weighted by Gasteiger charge is -2.19. The lowest BCUT2D eigenvalue weighted by molar-refractivity contribution is -0.116. The largest absolute Gasteiger partial charge is 0.385 e. The number of carbonyl (C=O) groups excluding carboxylic acids is 1. The number of methoxy groups -OCH3 is 1. The Balaban J connectivity index is 2.57. The second-order valence-electron chi connectivity index (χ2n) is 4.93. The smallest absolute Gasteiger partial charge is 0.225 e. The van der Waals surface area contributed by atoms with Gasteiger partial charge in [-0.05, 0) is 24.6 Å². The highest BCUT2D eigenvalue weighted by Crippen LogP contribution is 2.25. The van der Waals surface area contributed by atoms with Crippen LogP contribution in [0.2, 0.25) is 10.0 Å². The van der Waals surface area contributed by atoms with Crippen LogP contribution in [-0.2, 0) is 19.6 Å². The molecule has 9 heteroatoms. The summed E-state index contributed by atoms with van der Waals surface area (Å²) in [6.07, 6.45) is 1.71. The number of rotatable bonds is 9. The predicted octanol–water partition coefficient (Wildman–Crippen LogP) is 2.62. The average Bonchev–Trinajstić information content (AvgIpc) is 2.44. The first-order valence-electron chi connectivity index (χ1n) is 6.93. The van der Waals surface area contributed by atoms with Crippen molar-refractivity contribution in [2.45, 2.75) is 12.8 Å². The van der Waals surface area contributed by atoms with E-state index in [0.29, 0.717) is 35.3 Å². The number of carbonyl (C=O) groups is 1. The number of amides is 1. The molecule has 23 heavy (non-hydrogen) atoms. The molecule has 0 aliphatic heterocycles. The lowest BCUT2D eigenvalue weighted by Crippen LogP contribution is -2.34. The standard InChI is InChI=1S/C14H20Cl2N2O4S/c1-22-9-3-7-18(23(2,20)21)8-6-14(19)17-13-5-4-11(15)10-12(13)16/h4-5,10H,3,6-9H2,1-2H3,(H,17,19). The topological polar surface area (TPSA) is 75.7 Å². The molecule has 0 aliphatic carbocycles. The maximum absolute atomic E-state index is 12.0. The molecule has 0 radical (unpaired) electrons. The van der Waals surface area contributed by atoms with Gasteiger partial charge in [0.25, 0.3) is 0 Å². The summed E-state index contributed by atoms with van der Waals surface area (Å²) in [6.45, 7) is 0.861. The van der Waals surface area contributed by atoms with E-state index in [4.69, 9.17) is 27.9 Å². The summed E-state index contributed by atoms with van der Waals surface area (Å²) in [5, 5.41) is 3.43. The van der Waals surface area contributed by atoms with E-state index >= 15 is 0 Å². The molecule has 0 aliphatic rings. The molecule has 1 N–H and O–H groups in total. The van der Waals surface area contributed by atoms with Crippen LogP contribution in [0, 0.1) is 0 Å². The number of nitrogens with one attached hydrogen (secondary N) is 1. The van der Waals surface area contributed by atoms with Gasteiger partial charge in [-0.25, -0.2) is 12.7 Å². The van der Waals surface area contributed by atoms with Gasteiger partial charge in [-0.3, -0.25) is 4.79 Å². The summed E-state index contributed by atoms with van der Waals surface area (Å²) in [5.74, 6) is -0.324. The summed E-state index contributed by atoms with van der Waals surface area (Å²) in [5.41, 5.74) is 0.436. The molecule has 0 bridgehead atoms. The first-order valence-corrected chi connectivity index (χ1v) is 9.53. The first kappa shape index (κ1) is 20.2. The maximum Gasteiger partial charge on any atom is 0.225 e. The van der Waals surface area contributed by atoms with Crippen molar-refractivity contribution in [1.82, 2.24) is 4.31 Å². The molecule has 0 heterocycles. The van der Waals surface area contributed by atoms with Crippen LogP contribution < -0.4 is 5.32 Å². The Kier molecular flexibility index (Phi) is 8.28. The van der Waals surface area contributed by atoms with Gasteiger partial charge < -0.3 is 10.1 Å². The van der Waals surface area contributed by atoms with E-state index in [-0.39, 0.29) is 18.9 Å². The van der Waals surface area contributed by atoms with Gasteiger partial charge in [-0.15, -0.1) is 0 Å². The van der Waals surface area contributed by atoms with E-state index in [9.17, 15) is 13.2 Å². The minimum absolute atomic E-state index is 0.0268. The minimum Gasteiger partial charge on any atom is -0.385 e. The predicted molar refractivity (Wildman–Crippen MR) is 92.6 cm³/mol. The number of hydrogen-bond donors (Lipinski definition) is 1. The van der Waals surface area contributed by atoms with Crippen LogP contribution in [0.15, 0.2) is 18.2 Å². The van der Waals surface area contributed by atoms with Gasteiger partial charge in [0.05, 0.1) is 17.0 Å². The minimum atomic E-state index is -3.37. The Morgan fingerprint density at radius 1 is 1.30 bits per heavy atom. The molecule has 130 valence electrons. The van der Waals surface area contributed by atoms with Crippen molar-refractivity contribution >= 4 is 44.8 Å². The van der Waals surface area contributed by atoms with Crippen LogP contribution in [0.5, 0.6) is 0 Å². The molecule has 0 aromatic heterocycles. The van der Waals surface area contributed by atoms with Gasteiger partial charge in [-0.1, -0.05) is 23.2 Å². The monoisotopic (exact) mass is 382 g/mol. The number of anilines is 1. The van der Waals surface area contributed by atoms with Crippen LogP contribution in [0.4, 0.5) is 5.69 Å². The third-order valence-electron chi connectivity index (χ3n) is 3.02. The van der Waals surface area contributed by atoms with Gasteiger partial charge in [0.15, 0.2) is 0 Å². The van der Waals surface area contributed by atoms with Gasteiger partial charge in [0, 0.05) is 38.2 Å². The summed E-state index contributed by atoms with van der Waals surface area (Å²) >= 11 is 11.8. The van der Waals surface area contributed by atoms with Gasteiger partial charge >= 0.3 is 0 Å². The number of hydrogen-bond acceptors (Lipinski definition) is 4. The van der Waals surface area contributed by atoms with Crippen molar-refractivity contribution in [2.24, 2.45) is 0 Å². The lowest BCUT2D eigenvalue weighted by atomic mass is 10.3. The molecular weight excluding hydrogens is 363 g/mol. The van der Waals surface area contributed by atoms with Crippen molar-refractivity contribution < 1.29 is 17.9 Å². The van der Waals surface area contributed by atoms with E-state index in [0.717, 1.165) is 6.26 Å². The number of ether oxygens (including phenoxy) is 1. The van der Waals surface area contributed by atoms with Crippen molar-refractivity contribution in [3.8, 4) is 0 Å². The molecule has 0 saturated heterocycles. The van der Waals surface area contributed by atoms with E-state index in [1.54, 1.807) is 19.2 Å². The zero-order valence-corrected chi connectivity index (χ0v) is 15.3. The van der Waals surface area contributed by atoms with Crippen LogP contribution in [0.1, 0.15) is 12.8 Å². The van der Waals surface area contributed by atoms with Gasteiger partial charge in [-0.2, -0.15) is 0 Å². The molecule has 1 rings (SSSR count). The Hall–Kier alpha value is -0.860. The summed E-state index contributed by atoms with van der Waals surface area (Å²) in [6, 6.07) is 4.72. The highest BCUT2D eigenvalue weighted by atomic mass is 35.5. The molecule has 1 aromatic carbocycles. The van der Waals surface area contributed by atoms with Crippen molar-refractivity contribution in [1.29, 1.82) is 0 Å². The molecule has 0 spiro atoms. The normalized spacial score (nSPS) is 11.7. The molecule has 0 saturated carbocycles. The second kappa shape index (κ2) is 9.44. The Labute approximate surface area is 146 Å². The zero-order valence-electron chi connectivity index (χ0n) is 13.0. The maximum atomic E-state index is 12.0. The fraction of sp³-hybridized carbons (Fsp3) is 0.500. The van der Waals surface area contributed by atoms with E-state index in [1.807, 2.05) is 0 Å². The zero-order chi connectivity index (χ0) is 17.5. The van der Waals surface area contributed by atoms with Crippen LogP contribution in [-0.4, -0.2) is 51.7 Å². The number of benzene rings is 1. The molecule has 0 fully saturated rings. The van der Waals surface area contributed by atoms with Crippen LogP contribution >= 0.6 is 23.2 Å². The highest BCUT2D eigenvalue weighted by molar-refractivity contribution is 7.88. The molecule has 0 unspecified atom stereocenters. The first-order chi connectivity index (χ1) is 10.7. The quantitative estimate of drug-likeness (QED) is 0.666. The van der Waals surface area contributed by atoms with Gasteiger partial charge in [0.1, 0.15) is 0 Å². The Morgan fingerprint density at radius 3 is 2.57 bits per heavy atom. The van der Waals surface area contributed by atoms with E-state index < -0.39 is 10.0 Å².